The largest absolute Gasteiger partial charge is 0.481 e. The minimum atomic E-state index is -0.759. The summed E-state index contributed by atoms with van der Waals surface area (Å²) in [7, 11) is 1.65. The Morgan fingerprint density at radius 1 is 1.47 bits per heavy atom. The van der Waals surface area contributed by atoms with Crippen LogP contribution >= 0.6 is 0 Å². The van der Waals surface area contributed by atoms with Crippen LogP contribution in [0.2, 0.25) is 0 Å². The van der Waals surface area contributed by atoms with Crippen molar-refractivity contribution in [3.63, 3.8) is 0 Å². The van der Waals surface area contributed by atoms with Crippen LogP contribution in [-0.4, -0.2) is 48.8 Å². The monoisotopic (exact) mass is 217 g/mol. The molecule has 0 fully saturated rings. The lowest BCUT2D eigenvalue weighted by Gasteiger charge is -2.32. The Hall–Kier alpha value is -0.610. The Morgan fingerprint density at radius 3 is 2.33 bits per heavy atom. The molecule has 0 unspecified atom stereocenters. The van der Waals surface area contributed by atoms with E-state index >= 15 is 0 Å². The zero-order valence-electron chi connectivity index (χ0n) is 10.4. The van der Waals surface area contributed by atoms with Gasteiger partial charge in [-0.25, -0.2) is 0 Å². The van der Waals surface area contributed by atoms with Gasteiger partial charge in [-0.2, -0.15) is 0 Å². The molecular weight excluding hydrogens is 194 g/mol. The lowest BCUT2D eigenvalue weighted by Crippen LogP contribution is -2.43. The molecule has 0 saturated carbocycles. The van der Waals surface area contributed by atoms with E-state index in [0.717, 1.165) is 6.54 Å². The van der Waals surface area contributed by atoms with Gasteiger partial charge in [0.1, 0.15) is 0 Å². The van der Waals surface area contributed by atoms with Gasteiger partial charge in [-0.15, -0.1) is 0 Å². The Labute approximate surface area is 92.2 Å². The molecule has 0 aromatic carbocycles. The number of carboxylic acid groups (broad SMARTS) is 1. The van der Waals surface area contributed by atoms with E-state index in [1.54, 1.807) is 21.0 Å². The second-order valence-corrected chi connectivity index (χ2v) is 4.75. The second kappa shape index (κ2) is 6.08. The quantitative estimate of drug-likeness (QED) is 0.701. The fourth-order valence-electron chi connectivity index (χ4n) is 1.30. The summed E-state index contributed by atoms with van der Waals surface area (Å²) in [5, 5.41) is 9.04. The van der Waals surface area contributed by atoms with Crippen molar-refractivity contribution in [1.29, 1.82) is 0 Å². The van der Waals surface area contributed by atoms with Crippen molar-refractivity contribution in [2.75, 3.05) is 26.8 Å². The average molecular weight is 217 g/mol. The first-order chi connectivity index (χ1) is 6.81. The van der Waals surface area contributed by atoms with Crippen LogP contribution in [0.3, 0.4) is 0 Å². The molecular formula is C11H23NO3. The number of hydrogen-bond donors (Lipinski definition) is 1. The molecule has 0 radical (unpaired) electrons. The Morgan fingerprint density at radius 2 is 2.00 bits per heavy atom. The third kappa shape index (κ3) is 5.14. The van der Waals surface area contributed by atoms with Crippen molar-refractivity contribution < 1.29 is 14.6 Å². The fourth-order valence-corrected chi connectivity index (χ4v) is 1.30. The van der Waals surface area contributed by atoms with Crippen molar-refractivity contribution in [3.8, 4) is 0 Å². The number of ether oxygens (including phenoxy) is 1. The van der Waals surface area contributed by atoms with Crippen molar-refractivity contribution in [1.82, 2.24) is 4.90 Å². The molecule has 0 aliphatic rings. The highest BCUT2D eigenvalue weighted by atomic mass is 16.5. The van der Waals surface area contributed by atoms with Crippen molar-refractivity contribution in [2.45, 2.75) is 33.7 Å². The molecule has 0 aromatic rings. The van der Waals surface area contributed by atoms with E-state index in [0.29, 0.717) is 19.2 Å². The van der Waals surface area contributed by atoms with Gasteiger partial charge < -0.3 is 9.84 Å². The first-order valence-corrected chi connectivity index (χ1v) is 5.27. The van der Waals surface area contributed by atoms with E-state index in [2.05, 4.69) is 18.7 Å². The van der Waals surface area contributed by atoms with Gasteiger partial charge in [0.05, 0.1) is 12.0 Å². The SMILES string of the molecule is COCCN(CC(C)(C)C(=O)O)C(C)C. The van der Waals surface area contributed by atoms with Gasteiger partial charge in [-0.1, -0.05) is 0 Å². The summed E-state index contributed by atoms with van der Waals surface area (Å²) in [4.78, 5) is 13.1. The predicted molar refractivity (Wildman–Crippen MR) is 60.0 cm³/mol. The zero-order chi connectivity index (χ0) is 12.1. The van der Waals surface area contributed by atoms with Gasteiger partial charge in [0.15, 0.2) is 0 Å². The van der Waals surface area contributed by atoms with Crippen LogP contribution in [0.1, 0.15) is 27.7 Å². The smallest absolute Gasteiger partial charge is 0.310 e. The lowest BCUT2D eigenvalue weighted by atomic mass is 9.92. The summed E-state index contributed by atoms with van der Waals surface area (Å²) in [6.45, 7) is 9.57. The van der Waals surface area contributed by atoms with Crippen LogP contribution in [0.4, 0.5) is 0 Å². The molecule has 0 amide bonds. The van der Waals surface area contributed by atoms with Crippen LogP contribution < -0.4 is 0 Å². The number of nitrogens with zero attached hydrogens (tertiary/aromatic N) is 1. The summed E-state index contributed by atoms with van der Waals surface area (Å²) in [5.74, 6) is -0.759. The van der Waals surface area contributed by atoms with Gasteiger partial charge in [0, 0.05) is 26.2 Å². The summed E-state index contributed by atoms with van der Waals surface area (Å²) in [5.41, 5.74) is -0.710. The molecule has 0 aromatic heterocycles. The fraction of sp³-hybridized carbons (Fsp3) is 0.909. The minimum Gasteiger partial charge on any atom is -0.481 e. The highest BCUT2D eigenvalue weighted by Crippen LogP contribution is 2.18. The molecule has 0 atom stereocenters. The van der Waals surface area contributed by atoms with Crippen molar-refractivity contribution >= 4 is 5.97 Å². The summed E-state index contributed by atoms with van der Waals surface area (Å²) in [6.07, 6.45) is 0. The molecule has 0 spiro atoms. The molecule has 1 N–H and O–H groups in total. The maximum atomic E-state index is 11.0. The van der Waals surface area contributed by atoms with Gasteiger partial charge >= 0.3 is 5.97 Å². The minimum absolute atomic E-state index is 0.332. The summed E-state index contributed by atoms with van der Waals surface area (Å²) >= 11 is 0. The highest BCUT2D eigenvalue weighted by molar-refractivity contribution is 5.73. The molecule has 0 bridgehead atoms. The second-order valence-electron chi connectivity index (χ2n) is 4.75. The van der Waals surface area contributed by atoms with E-state index in [1.807, 2.05) is 0 Å². The van der Waals surface area contributed by atoms with E-state index in [1.165, 1.54) is 0 Å². The van der Waals surface area contributed by atoms with E-state index in [9.17, 15) is 4.79 Å². The van der Waals surface area contributed by atoms with Crippen molar-refractivity contribution in [2.24, 2.45) is 5.41 Å². The zero-order valence-corrected chi connectivity index (χ0v) is 10.4. The maximum absolute atomic E-state index is 11.0. The molecule has 0 heterocycles. The molecule has 0 aliphatic heterocycles. The number of carbonyl (C=O) groups is 1. The van der Waals surface area contributed by atoms with Crippen LogP contribution in [-0.2, 0) is 9.53 Å². The summed E-state index contributed by atoms with van der Waals surface area (Å²) < 4.78 is 5.01. The van der Waals surface area contributed by atoms with Crippen molar-refractivity contribution in [3.05, 3.63) is 0 Å². The van der Waals surface area contributed by atoms with Gasteiger partial charge in [0.25, 0.3) is 0 Å². The molecule has 15 heavy (non-hydrogen) atoms. The number of aliphatic carboxylic acids is 1. The number of methoxy groups -OCH3 is 1. The first kappa shape index (κ1) is 14.4. The molecule has 0 rings (SSSR count). The van der Waals surface area contributed by atoms with E-state index < -0.39 is 11.4 Å². The first-order valence-electron chi connectivity index (χ1n) is 5.27. The normalized spacial score (nSPS) is 12.5. The van der Waals surface area contributed by atoms with Gasteiger partial charge in [-0.3, -0.25) is 9.69 Å². The topological polar surface area (TPSA) is 49.8 Å². The molecule has 90 valence electrons. The molecule has 4 nitrogen and oxygen atoms in total. The third-order valence-corrected chi connectivity index (χ3v) is 2.49. The highest BCUT2D eigenvalue weighted by Gasteiger charge is 2.30. The standard InChI is InChI=1S/C11H23NO3/c1-9(2)12(6-7-15-5)8-11(3,4)10(13)14/h9H,6-8H2,1-5H3,(H,13,14). The van der Waals surface area contributed by atoms with Gasteiger partial charge in [0.2, 0.25) is 0 Å². The van der Waals surface area contributed by atoms with Crippen LogP contribution in [0.15, 0.2) is 0 Å². The number of rotatable bonds is 7. The Kier molecular flexibility index (Phi) is 5.83. The van der Waals surface area contributed by atoms with E-state index in [4.69, 9.17) is 9.84 Å². The molecule has 0 saturated heterocycles. The van der Waals surface area contributed by atoms with Crippen LogP contribution in [0.5, 0.6) is 0 Å². The van der Waals surface area contributed by atoms with Gasteiger partial charge in [-0.05, 0) is 27.7 Å². The Balaban J connectivity index is 4.33. The Bertz CT molecular complexity index is 202. The van der Waals surface area contributed by atoms with Crippen LogP contribution in [0, 0.1) is 5.41 Å². The third-order valence-electron chi connectivity index (χ3n) is 2.49. The molecule has 4 heteroatoms. The summed E-state index contributed by atoms with van der Waals surface area (Å²) in [6, 6.07) is 0.332. The average Bonchev–Trinajstić information content (AvgIpc) is 2.11. The predicted octanol–water partition coefficient (Wildman–Crippen LogP) is 1.45. The number of carboxylic acids is 1. The number of hydrogen-bond acceptors (Lipinski definition) is 3. The maximum Gasteiger partial charge on any atom is 0.310 e. The molecule has 0 aliphatic carbocycles. The van der Waals surface area contributed by atoms with Crippen LogP contribution in [0.25, 0.3) is 0 Å². The van der Waals surface area contributed by atoms with E-state index in [-0.39, 0.29) is 0 Å². The lowest BCUT2D eigenvalue weighted by molar-refractivity contribution is -0.148.